The molecule has 0 bridgehead atoms. The SMILES string of the molecule is O=C(O)c1ccc(Cl)c2c1[C@@H]1C=CC[C@@H]1[C@@H](c1cccc(F)c1)N2. The molecule has 3 nitrogen and oxygen atoms in total. The van der Waals surface area contributed by atoms with E-state index in [0.29, 0.717) is 10.7 Å². The van der Waals surface area contributed by atoms with Gasteiger partial charge in [0.05, 0.1) is 22.3 Å². The highest BCUT2D eigenvalue weighted by atomic mass is 35.5. The van der Waals surface area contributed by atoms with Crippen molar-refractivity contribution in [2.75, 3.05) is 5.32 Å². The van der Waals surface area contributed by atoms with E-state index >= 15 is 0 Å². The molecule has 4 rings (SSSR count). The van der Waals surface area contributed by atoms with Gasteiger partial charge in [-0.3, -0.25) is 0 Å². The van der Waals surface area contributed by atoms with Crippen molar-refractivity contribution in [1.29, 1.82) is 0 Å². The van der Waals surface area contributed by atoms with Crippen molar-refractivity contribution < 1.29 is 14.3 Å². The number of aromatic carboxylic acids is 1. The lowest BCUT2D eigenvalue weighted by Crippen LogP contribution is -2.30. The zero-order chi connectivity index (χ0) is 16.8. The summed E-state index contributed by atoms with van der Waals surface area (Å²) in [5, 5.41) is 13.4. The van der Waals surface area contributed by atoms with Crippen LogP contribution in [0.4, 0.5) is 10.1 Å². The molecular weight excluding hydrogens is 329 g/mol. The fourth-order valence-electron chi connectivity index (χ4n) is 3.89. The predicted octanol–water partition coefficient (Wildman–Crippen LogP) is 5.00. The lowest BCUT2D eigenvalue weighted by Gasteiger charge is -2.38. The van der Waals surface area contributed by atoms with Crippen LogP contribution in [0.25, 0.3) is 0 Å². The van der Waals surface area contributed by atoms with Crippen LogP contribution in [-0.2, 0) is 0 Å². The summed E-state index contributed by atoms with van der Waals surface area (Å²) in [5.74, 6) is -1.16. The van der Waals surface area contributed by atoms with Crippen molar-refractivity contribution in [1.82, 2.24) is 0 Å². The Hall–Kier alpha value is -2.33. The van der Waals surface area contributed by atoms with Gasteiger partial charge in [0.25, 0.3) is 0 Å². The van der Waals surface area contributed by atoms with Gasteiger partial charge in [-0.1, -0.05) is 35.9 Å². The zero-order valence-corrected chi connectivity index (χ0v) is 13.4. The third kappa shape index (κ3) is 2.29. The fraction of sp³-hybridized carbons (Fsp3) is 0.211. The van der Waals surface area contributed by atoms with E-state index in [2.05, 4.69) is 11.4 Å². The number of benzene rings is 2. The molecule has 1 aliphatic carbocycles. The fourth-order valence-corrected chi connectivity index (χ4v) is 4.11. The van der Waals surface area contributed by atoms with Crippen molar-refractivity contribution >= 4 is 23.3 Å². The van der Waals surface area contributed by atoms with Gasteiger partial charge in [0.1, 0.15) is 5.82 Å². The molecule has 0 saturated carbocycles. The lowest BCUT2D eigenvalue weighted by atomic mass is 9.75. The second kappa shape index (κ2) is 5.64. The maximum atomic E-state index is 13.7. The molecule has 2 N–H and O–H groups in total. The summed E-state index contributed by atoms with van der Waals surface area (Å²) in [6.45, 7) is 0. The summed E-state index contributed by atoms with van der Waals surface area (Å²) < 4.78 is 13.7. The molecule has 122 valence electrons. The molecule has 0 amide bonds. The number of halogens is 2. The van der Waals surface area contributed by atoms with Gasteiger partial charge in [0, 0.05) is 5.92 Å². The van der Waals surface area contributed by atoms with Crippen LogP contribution in [0.3, 0.4) is 0 Å². The van der Waals surface area contributed by atoms with E-state index in [1.807, 2.05) is 12.1 Å². The summed E-state index contributed by atoms with van der Waals surface area (Å²) in [6, 6.07) is 9.54. The first-order valence-electron chi connectivity index (χ1n) is 7.80. The topological polar surface area (TPSA) is 49.3 Å². The highest BCUT2D eigenvalue weighted by molar-refractivity contribution is 6.33. The Kier molecular flexibility index (Phi) is 3.57. The summed E-state index contributed by atoms with van der Waals surface area (Å²) in [5.41, 5.74) is 2.47. The van der Waals surface area contributed by atoms with Gasteiger partial charge in [-0.15, -0.1) is 0 Å². The molecule has 5 heteroatoms. The molecule has 1 aliphatic heterocycles. The Labute approximate surface area is 143 Å². The van der Waals surface area contributed by atoms with Crippen molar-refractivity contribution in [3.63, 3.8) is 0 Å². The predicted molar refractivity (Wildman–Crippen MR) is 91.2 cm³/mol. The van der Waals surface area contributed by atoms with Crippen LogP contribution in [0.2, 0.25) is 5.02 Å². The van der Waals surface area contributed by atoms with Crippen molar-refractivity contribution in [2.24, 2.45) is 5.92 Å². The van der Waals surface area contributed by atoms with Gasteiger partial charge in [0.15, 0.2) is 0 Å². The van der Waals surface area contributed by atoms with Crippen molar-refractivity contribution in [3.05, 3.63) is 76.1 Å². The lowest BCUT2D eigenvalue weighted by molar-refractivity contribution is 0.0695. The van der Waals surface area contributed by atoms with Crippen LogP contribution in [0.1, 0.15) is 39.9 Å². The average molecular weight is 344 g/mol. The summed E-state index contributed by atoms with van der Waals surface area (Å²) in [6.07, 6.45) is 4.91. The second-order valence-corrected chi connectivity index (χ2v) is 6.63. The molecule has 0 spiro atoms. The van der Waals surface area contributed by atoms with E-state index in [1.54, 1.807) is 18.2 Å². The number of carboxylic acid groups (broad SMARTS) is 1. The Morgan fingerprint density at radius 1 is 1.29 bits per heavy atom. The van der Waals surface area contributed by atoms with Crippen molar-refractivity contribution in [2.45, 2.75) is 18.4 Å². The quantitative estimate of drug-likeness (QED) is 0.754. The molecular formula is C19H15ClFNO2. The van der Waals surface area contributed by atoms with Crippen LogP contribution in [0.5, 0.6) is 0 Å². The minimum atomic E-state index is -0.965. The van der Waals surface area contributed by atoms with Crippen LogP contribution in [-0.4, -0.2) is 11.1 Å². The molecule has 2 aliphatic rings. The van der Waals surface area contributed by atoms with Gasteiger partial charge >= 0.3 is 5.97 Å². The molecule has 2 aromatic carbocycles. The van der Waals surface area contributed by atoms with Gasteiger partial charge in [0.2, 0.25) is 0 Å². The third-order valence-electron chi connectivity index (χ3n) is 4.91. The van der Waals surface area contributed by atoms with Gasteiger partial charge < -0.3 is 10.4 Å². The van der Waals surface area contributed by atoms with E-state index in [4.69, 9.17) is 11.6 Å². The van der Waals surface area contributed by atoms with Gasteiger partial charge in [-0.2, -0.15) is 0 Å². The van der Waals surface area contributed by atoms with Crippen LogP contribution in [0, 0.1) is 11.7 Å². The Balaban J connectivity index is 1.88. The molecule has 24 heavy (non-hydrogen) atoms. The smallest absolute Gasteiger partial charge is 0.336 e. The highest BCUT2D eigenvalue weighted by Gasteiger charge is 2.40. The van der Waals surface area contributed by atoms with E-state index < -0.39 is 5.97 Å². The van der Waals surface area contributed by atoms with Crippen LogP contribution < -0.4 is 5.32 Å². The van der Waals surface area contributed by atoms with E-state index in [-0.39, 0.29) is 29.3 Å². The van der Waals surface area contributed by atoms with Gasteiger partial charge in [-0.05, 0) is 47.7 Å². The van der Waals surface area contributed by atoms with E-state index in [0.717, 1.165) is 17.5 Å². The molecule has 0 fully saturated rings. The largest absolute Gasteiger partial charge is 0.478 e. The monoisotopic (exact) mass is 343 g/mol. The van der Waals surface area contributed by atoms with Crippen LogP contribution >= 0.6 is 11.6 Å². The number of anilines is 1. The first-order valence-corrected chi connectivity index (χ1v) is 8.18. The van der Waals surface area contributed by atoms with E-state index in [9.17, 15) is 14.3 Å². The number of allylic oxidation sites excluding steroid dienone is 2. The summed E-state index contributed by atoms with van der Waals surface area (Å²) >= 11 is 6.34. The third-order valence-corrected chi connectivity index (χ3v) is 5.22. The van der Waals surface area contributed by atoms with Crippen molar-refractivity contribution in [3.8, 4) is 0 Å². The molecule has 2 aromatic rings. The molecule has 0 saturated heterocycles. The molecule has 1 heterocycles. The Bertz CT molecular complexity index is 864. The minimum absolute atomic E-state index is 0.0423. The average Bonchev–Trinajstić information content (AvgIpc) is 3.04. The number of fused-ring (bicyclic) bond motifs is 3. The number of carbonyl (C=O) groups is 1. The Morgan fingerprint density at radius 2 is 2.12 bits per heavy atom. The number of nitrogens with one attached hydrogen (secondary N) is 1. The first-order chi connectivity index (χ1) is 11.6. The summed E-state index contributed by atoms with van der Waals surface area (Å²) in [4.78, 5) is 11.6. The van der Waals surface area contributed by atoms with E-state index in [1.165, 1.54) is 12.1 Å². The maximum Gasteiger partial charge on any atom is 0.336 e. The Morgan fingerprint density at radius 3 is 2.88 bits per heavy atom. The number of rotatable bonds is 2. The second-order valence-electron chi connectivity index (χ2n) is 6.22. The standard InChI is InChI=1S/C19H15ClFNO2/c20-15-8-7-14(19(23)24)16-12-5-2-6-13(12)17(22-18(15)16)10-3-1-4-11(21)9-10/h1-5,7-9,12-13,17,22H,6H2,(H,23,24)/t12-,13+,17-/m1/s1. The first kappa shape index (κ1) is 15.2. The normalized spacial score (nSPS) is 24.2. The molecule has 0 unspecified atom stereocenters. The van der Waals surface area contributed by atoms with Crippen LogP contribution in [0.15, 0.2) is 48.6 Å². The minimum Gasteiger partial charge on any atom is -0.478 e. The maximum absolute atomic E-state index is 13.7. The number of carboxylic acids is 1. The highest BCUT2D eigenvalue weighted by Crippen LogP contribution is 2.52. The molecule has 0 aromatic heterocycles. The number of hydrogen-bond donors (Lipinski definition) is 2. The number of hydrogen-bond acceptors (Lipinski definition) is 2. The summed E-state index contributed by atoms with van der Waals surface area (Å²) in [7, 11) is 0. The molecule has 3 atom stereocenters. The zero-order valence-electron chi connectivity index (χ0n) is 12.7. The van der Waals surface area contributed by atoms with Gasteiger partial charge in [-0.25, -0.2) is 9.18 Å². The molecule has 0 radical (unpaired) electrons.